The number of alkyl halides is 3. The molecular weight excluding hydrogens is 713 g/mol. The number of anilines is 1. The van der Waals surface area contributed by atoms with Crippen molar-refractivity contribution in [1.29, 1.82) is 0 Å². The highest BCUT2D eigenvalue weighted by Crippen LogP contribution is 2.62. The summed E-state index contributed by atoms with van der Waals surface area (Å²) < 4.78 is 50.0. The molecular formula is C34H28ClF3N6O6S. The monoisotopic (exact) mass is 740 g/mol. The van der Waals surface area contributed by atoms with Gasteiger partial charge in [0.05, 0.1) is 28.8 Å². The fourth-order valence-corrected chi connectivity index (χ4v) is 9.44. The molecule has 8 rings (SSSR count). The molecule has 5 heterocycles. The first-order valence-electron chi connectivity index (χ1n) is 15.8. The number of aryl methyl sites for hydroxylation is 2. The van der Waals surface area contributed by atoms with Crippen molar-refractivity contribution in [1.82, 2.24) is 23.7 Å². The Kier molecular flexibility index (Phi) is 7.10. The Morgan fingerprint density at radius 1 is 1.06 bits per heavy atom. The summed E-state index contributed by atoms with van der Waals surface area (Å²) >= 11 is 7.72. The number of amides is 2. The number of carbonyl (C=O) groups excluding carboxylic acids is 2. The van der Waals surface area contributed by atoms with E-state index in [-0.39, 0.29) is 24.3 Å². The first-order chi connectivity index (χ1) is 24.0. The smallest absolute Gasteiger partial charge is 0.508 e. The van der Waals surface area contributed by atoms with Gasteiger partial charge < -0.3 is 9.84 Å². The van der Waals surface area contributed by atoms with E-state index in [2.05, 4.69) is 9.84 Å². The summed E-state index contributed by atoms with van der Waals surface area (Å²) in [6, 6.07) is 9.19. The first kappa shape index (κ1) is 33.1. The molecule has 2 aliphatic heterocycles. The maximum absolute atomic E-state index is 14.9. The zero-order valence-corrected chi connectivity index (χ0v) is 28.9. The lowest BCUT2D eigenvalue weighted by molar-refractivity contribution is -0.274. The highest BCUT2D eigenvalue weighted by Gasteiger charge is 2.66. The maximum atomic E-state index is 14.9. The van der Waals surface area contributed by atoms with Gasteiger partial charge in [-0.1, -0.05) is 17.7 Å². The lowest BCUT2D eigenvalue weighted by Crippen LogP contribution is -2.49. The van der Waals surface area contributed by atoms with Crippen LogP contribution in [0, 0.1) is 18.3 Å². The first-order valence-corrected chi connectivity index (χ1v) is 17.0. The Morgan fingerprint density at radius 3 is 2.53 bits per heavy atom. The highest BCUT2D eigenvalue weighted by molar-refractivity contribution is 7.22. The number of allylic oxidation sites excluding steroid dienone is 2. The number of rotatable bonds is 4. The van der Waals surface area contributed by atoms with E-state index in [0.717, 1.165) is 48.2 Å². The quantitative estimate of drug-likeness (QED) is 0.193. The summed E-state index contributed by atoms with van der Waals surface area (Å²) in [5, 5.41) is 17.4. The molecule has 1 aliphatic carbocycles. The number of aromatic hydroxyl groups is 1. The number of ether oxygens (including phenoxy) is 1. The van der Waals surface area contributed by atoms with Crippen molar-refractivity contribution in [3.63, 3.8) is 0 Å². The lowest BCUT2D eigenvalue weighted by Gasteiger charge is -2.47. The van der Waals surface area contributed by atoms with Crippen LogP contribution >= 0.6 is 22.9 Å². The Labute approximate surface area is 295 Å². The molecule has 4 atom stereocenters. The number of halogens is 4. The number of hydrogen-bond acceptors (Lipinski definition) is 8. The second-order valence-corrected chi connectivity index (χ2v) is 14.7. The molecule has 51 heavy (non-hydrogen) atoms. The number of aromatic nitrogens is 5. The summed E-state index contributed by atoms with van der Waals surface area (Å²) in [5.74, 6) is -4.56. The average molecular weight is 741 g/mol. The second-order valence-electron chi connectivity index (χ2n) is 13.2. The zero-order valence-electron chi connectivity index (χ0n) is 27.4. The van der Waals surface area contributed by atoms with Crippen LogP contribution in [0.5, 0.6) is 11.5 Å². The van der Waals surface area contributed by atoms with Crippen LogP contribution in [0.15, 0.2) is 63.7 Å². The van der Waals surface area contributed by atoms with Gasteiger partial charge in [0, 0.05) is 41.4 Å². The predicted octanol–water partition coefficient (Wildman–Crippen LogP) is 5.39. The minimum atomic E-state index is -5.06. The number of nitrogens with zero attached hydrogens (tertiary/aromatic N) is 6. The van der Waals surface area contributed by atoms with E-state index in [1.54, 1.807) is 32.2 Å². The van der Waals surface area contributed by atoms with Crippen LogP contribution < -0.4 is 21.0 Å². The topological polar surface area (TPSA) is 134 Å². The van der Waals surface area contributed by atoms with Crippen molar-refractivity contribution >= 4 is 50.7 Å². The van der Waals surface area contributed by atoms with Gasteiger partial charge in [-0.05, 0) is 73.2 Å². The van der Waals surface area contributed by atoms with Crippen LogP contribution in [0.2, 0.25) is 5.02 Å². The minimum absolute atomic E-state index is 0.0797. The fourth-order valence-electron chi connectivity index (χ4n) is 8.12. The van der Waals surface area contributed by atoms with E-state index in [0.29, 0.717) is 16.3 Å². The summed E-state index contributed by atoms with van der Waals surface area (Å²) in [6.07, 6.45) is -3.50. The maximum Gasteiger partial charge on any atom is 0.573 e. The SMILES string of the molecule is Cc1c(-c2cc(N3C(=O)[C@@H]4C[C@@H]5C(=CCn6c(=O)n(C)c(=O)n65)[C@H](c5cc(OC(F)(F)F)ccc5O)[C@]4(C)C3=O)n(C)n2)sc2ccc(Cl)cc12. The normalized spacial score (nSPS) is 23.0. The number of imide groups is 1. The number of phenolic OH excluding ortho intramolecular Hbond substituents is 1. The van der Waals surface area contributed by atoms with Gasteiger partial charge >= 0.3 is 17.7 Å². The van der Waals surface area contributed by atoms with Crippen molar-refractivity contribution in [3.8, 4) is 22.1 Å². The van der Waals surface area contributed by atoms with Crippen molar-refractivity contribution in [3.05, 3.63) is 91.2 Å². The van der Waals surface area contributed by atoms with E-state index in [1.807, 2.05) is 19.1 Å². The number of thiophene rings is 1. The number of carbonyl (C=O) groups is 2. The number of fused-ring (bicyclic) bond motifs is 5. The summed E-state index contributed by atoms with van der Waals surface area (Å²) in [7, 11) is 2.91. The van der Waals surface area contributed by atoms with Crippen LogP contribution in [-0.4, -0.2) is 47.0 Å². The predicted molar refractivity (Wildman–Crippen MR) is 181 cm³/mol. The third-order valence-electron chi connectivity index (χ3n) is 10.5. The largest absolute Gasteiger partial charge is 0.573 e. The molecule has 3 aromatic heterocycles. The number of benzene rings is 2. The van der Waals surface area contributed by atoms with Gasteiger partial charge in [-0.15, -0.1) is 24.5 Å². The van der Waals surface area contributed by atoms with Gasteiger partial charge in [-0.3, -0.25) is 14.3 Å². The molecule has 0 radical (unpaired) electrons. The zero-order chi connectivity index (χ0) is 36.5. The third-order valence-corrected chi connectivity index (χ3v) is 12.0. The van der Waals surface area contributed by atoms with E-state index in [1.165, 1.54) is 32.4 Å². The van der Waals surface area contributed by atoms with Gasteiger partial charge in [0.25, 0.3) is 0 Å². The van der Waals surface area contributed by atoms with Crippen LogP contribution in [0.1, 0.15) is 36.4 Å². The van der Waals surface area contributed by atoms with E-state index < -0.39 is 64.3 Å². The standard InChI is InChI=1S/C34H28ClF3N6O6S/c1-15-19-11-16(35)5-8-25(19)51-28(15)22-14-26(41(4)39-22)43-29(46)21-13-23-18(9-10-42-31(48)40(3)32(49)44(23)42)27(33(21,2)30(43)47)20-12-17(6-7-24(20)45)50-34(36,37)38/h5-9,11-12,14,21,23,27,45H,10,13H2,1-4H3/t21-,23+,27+,33+/m0/s1. The van der Waals surface area contributed by atoms with Crippen molar-refractivity contribution in [2.75, 3.05) is 4.90 Å². The Balaban J connectivity index is 1.29. The summed E-state index contributed by atoms with van der Waals surface area (Å²) in [4.78, 5) is 57.7. The molecule has 5 aromatic rings. The summed E-state index contributed by atoms with van der Waals surface area (Å²) in [5.41, 5.74) is -1.22. The molecule has 2 fully saturated rings. The van der Waals surface area contributed by atoms with E-state index in [9.17, 15) is 37.5 Å². The van der Waals surface area contributed by atoms with Crippen molar-refractivity contribution < 1.29 is 32.6 Å². The second kappa shape index (κ2) is 11.0. The molecule has 0 spiro atoms. The van der Waals surface area contributed by atoms with Gasteiger partial charge in [0.1, 0.15) is 23.0 Å². The van der Waals surface area contributed by atoms with Gasteiger partial charge in [0.15, 0.2) is 0 Å². The average Bonchev–Trinajstić information content (AvgIpc) is 3.72. The molecule has 12 nitrogen and oxygen atoms in total. The van der Waals surface area contributed by atoms with Crippen LogP contribution in [-0.2, 0) is 30.2 Å². The van der Waals surface area contributed by atoms with Gasteiger partial charge in [-0.25, -0.2) is 28.4 Å². The molecule has 264 valence electrons. The Morgan fingerprint density at radius 2 is 1.80 bits per heavy atom. The molecule has 1 saturated carbocycles. The van der Waals surface area contributed by atoms with Crippen LogP contribution in [0.4, 0.5) is 19.0 Å². The van der Waals surface area contributed by atoms with Crippen molar-refractivity contribution in [2.24, 2.45) is 25.4 Å². The van der Waals surface area contributed by atoms with Crippen LogP contribution in [0.3, 0.4) is 0 Å². The molecule has 2 aromatic carbocycles. The molecule has 0 unspecified atom stereocenters. The molecule has 1 N–H and O–H groups in total. The Hall–Kier alpha value is -5.09. The van der Waals surface area contributed by atoms with E-state index in [4.69, 9.17) is 11.6 Å². The molecule has 17 heteroatoms. The Bertz CT molecular complexity index is 2510. The molecule has 1 saturated heterocycles. The fraction of sp³-hybridized carbons (Fsp3) is 0.324. The molecule has 3 aliphatic rings. The summed E-state index contributed by atoms with van der Waals surface area (Å²) in [6.45, 7) is 3.38. The molecule has 2 amide bonds. The number of phenols is 1. The number of hydrogen-bond donors (Lipinski definition) is 1. The minimum Gasteiger partial charge on any atom is -0.508 e. The van der Waals surface area contributed by atoms with Gasteiger partial charge in [0.2, 0.25) is 11.8 Å². The van der Waals surface area contributed by atoms with Gasteiger partial charge in [-0.2, -0.15) is 5.10 Å². The van der Waals surface area contributed by atoms with E-state index >= 15 is 0 Å². The van der Waals surface area contributed by atoms with Crippen molar-refractivity contribution in [2.45, 2.75) is 45.1 Å². The van der Waals surface area contributed by atoms with Crippen LogP contribution in [0.25, 0.3) is 20.7 Å². The third kappa shape index (κ3) is 4.68. The highest BCUT2D eigenvalue weighted by atomic mass is 35.5. The molecule has 0 bridgehead atoms. The lowest BCUT2D eigenvalue weighted by atomic mass is 9.56.